The number of benzene rings is 2. The van der Waals surface area contributed by atoms with Crippen LogP contribution in [0.15, 0.2) is 48.5 Å². The largest absolute Gasteiger partial charge is 0.492 e. The third-order valence-corrected chi connectivity index (χ3v) is 5.95. The minimum Gasteiger partial charge on any atom is -0.492 e. The lowest BCUT2D eigenvalue weighted by Gasteiger charge is -2.34. The van der Waals surface area contributed by atoms with Crippen LogP contribution in [-0.4, -0.2) is 49.2 Å². The molecule has 0 unspecified atom stereocenters. The molecule has 4 rings (SSSR count). The number of anilines is 1. The van der Waals surface area contributed by atoms with Gasteiger partial charge in [0.05, 0.1) is 11.3 Å². The highest BCUT2D eigenvalue weighted by molar-refractivity contribution is 7.22. The van der Waals surface area contributed by atoms with Gasteiger partial charge >= 0.3 is 0 Å². The Kier molecular flexibility index (Phi) is 5.37. The van der Waals surface area contributed by atoms with Crippen molar-refractivity contribution in [3.63, 3.8) is 0 Å². The van der Waals surface area contributed by atoms with E-state index in [1.807, 2.05) is 13.0 Å². The Morgan fingerprint density at radius 3 is 2.58 bits per heavy atom. The number of para-hydroxylation sites is 1. The van der Waals surface area contributed by atoms with E-state index < -0.39 is 0 Å². The maximum Gasteiger partial charge on any atom is 0.186 e. The van der Waals surface area contributed by atoms with E-state index in [1.54, 1.807) is 11.3 Å². The Hall–Kier alpha value is -2.11. The number of piperazine rings is 1. The highest BCUT2D eigenvalue weighted by Crippen LogP contribution is 2.34. The SMILES string of the molecule is CCOc1cccc2sc(N3CCN(CCc4ccccc4)CC3)nc12. The average Bonchev–Trinajstić information content (AvgIpc) is 3.13. The summed E-state index contributed by atoms with van der Waals surface area (Å²) in [5.41, 5.74) is 2.42. The van der Waals surface area contributed by atoms with Gasteiger partial charge in [-0.15, -0.1) is 0 Å². The molecule has 0 saturated carbocycles. The second kappa shape index (κ2) is 8.06. The molecular formula is C21H25N3OS. The van der Waals surface area contributed by atoms with E-state index in [4.69, 9.17) is 9.72 Å². The summed E-state index contributed by atoms with van der Waals surface area (Å²) in [5, 5.41) is 1.12. The van der Waals surface area contributed by atoms with Gasteiger partial charge in [0.2, 0.25) is 0 Å². The minimum atomic E-state index is 0.673. The zero-order valence-corrected chi connectivity index (χ0v) is 16.0. The van der Waals surface area contributed by atoms with Gasteiger partial charge < -0.3 is 9.64 Å². The van der Waals surface area contributed by atoms with E-state index in [0.29, 0.717) is 6.61 Å². The molecule has 1 aliphatic rings. The molecule has 1 aromatic heterocycles. The monoisotopic (exact) mass is 367 g/mol. The van der Waals surface area contributed by atoms with Crippen molar-refractivity contribution >= 4 is 26.7 Å². The normalized spacial score (nSPS) is 15.5. The molecule has 4 nitrogen and oxygen atoms in total. The highest BCUT2D eigenvalue weighted by Gasteiger charge is 2.20. The van der Waals surface area contributed by atoms with Crippen molar-refractivity contribution in [1.82, 2.24) is 9.88 Å². The Morgan fingerprint density at radius 2 is 1.81 bits per heavy atom. The second-order valence-electron chi connectivity index (χ2n) is 6.60. The van der Waals surface area contributed by atoms with E-state index >= 15 is 0 Å². The summed E-state index contributed by atoms with van der Waals surface area (Å²) in [7, 11) is 0. The van der Waals surface area contributed by atoms with Gasteiger partial charge in [-0.05, 0) is 31.0 Å². The Balaban J connectivity index is 1.37. The standard InChI is InChI=1S/C21H25N3OS/c1-2-25-18-9-6-10-19-20(18)22-21(26-19)24-15-13-23(14-16-24)12-11-17-7-4-3-5-8-17/h3-10H,2,11-16H2,1H3. The first-order valence-electron chi connectivity index (χ1n) is 9.37. The first-order valence-corrected chi connectivity index (χ1v) is 10.2. The number of aromatic nitrogens is 1. The van der Waals surface area contributed by atoms with Crippen molar-refractivity contribution in [3.05, 3.63) is 54.1 Å². The molecule has 0 radical (unpaired) electrons. The zero-order chi connectivity index (χ0) is 17.8. The van der Waals surface area contributed by atoms with Crippen molar-refractivity contribution < 1.29 is 4.74 Å². The summed E-state index contributed by atoms with van der Waals surface area (Å²) in [6.07, 6.45) is 1.12. The van der Waals surface area contributed by atoms with Gasteiger partial charge in [0.25, 0.3) is 0 Å². The first kappa shape index (κ1) is 17.3. The number of rotatable bonds is 6. The van der Waals surface area contributed by atoms with Crippen LogP contribution in [0, 0.1) is 0 Å². The van der Waals surface area contributed by atoms with Crippen molar-refractivity contribution in [2.24, 2.45) is 0 Å². The molecule has 136 valence electrons. The number of ether oxygens (including phenoxy) is 1. The maximum atomic E-state index is 5.73. The Bertz CT molecular complexity index is 841. The molecule has 1 fully saturated rings. The van der Waals surface area contributed by atoms with Gasteiger partial charge in [-0.1, -0.05) is 47.7 Å². The number of hydrogen-bond donors (Lipinski definition) is 0. The quantitative estimate of drug-likeness (QED) is 0.657. The Labute approximate surface area is 159 Å². The van der Waals surface area contributed by atoms with Crippen LogP contribution >= 0.6 is 11.3 Å². The number of thiazole rings is 1. The van der Waals surface area contributed by atoms with Gasteiger partial charge in [-0.2, -0.15) is 0 Å². The van der Waals surface area contributed by atoms with Crippen molar-refractivity contribution in [1.29, 1.82) is 0 Å². The maximum absolute atomic E-state index is 5.73. The molecule has 0 amide bonds. The molecule has 1 aliphatic heterocycles. The molecule has 5 heteroatoms. The van der Waals surface area contributed by atoms with E-state index in [1.165, 1.54) is 10.3 Å². The van der Waals surface area contributed by atoms with Crippen LogP contribution in [0.25, 0.3) is 10.2 Å². The van der Waals surface area contributed by atoms with Crippen molar-refractivity contribution in [2.75, 3.05) is 44.2 Å². The summed E-state index contributed by atoms with van der Waals surface area (Å²) < 4.78 is 6.93. The van der Waals surface area contributed by atoms with Gasteiger partial charge in [-0.3, -0.25) is 4.90 Å². The molecule has 0 N–H and O–H groups in total. The Morgan fingerprint density at radius 1 is 1.00 bits per heavy atom. The smallest absolute Gasteiger partial charge is 0.186 e. The van der Waals surface area contributed by atoms with E-state index in [2.05, 4.69) is 52.3 Å². The fourth-order valence-corrected chi connectivity index (χ4v) is 4.45. The van der Waals surface area contributed by atoms with Crippen LogP contribution in [0.4, 0.5) is 5.13 Å². The lowest BCUT2D eigenvalue weighted by molar-refractivity contribution is 0.261. The van der Waals surface area contributed by atoms with Gasteiger partial charge in [0.15, 0.2) is 5.13 Å². The lowest BCUT2D eigenvalue weighted by atomic mass is 10.1. The third kappa shape index (κ3) is 3.84. The van der Waals surface area contributed by atoms with E-state index in [-0.39, 0.29) is 0 Å². The molecule has 2 heterocycles. The second-order valence-corrected chi connectivity index (χ2v) is 7.61. The average molecular weight is 368 g/mol. The molecular weight excluding hydrogens is 342 g/mol. The summed E-state index contributed by atoms with van der Waals surface area (Å²) in [5.74, 6) is 0.897. The summed E-state index contributed by atoms with van der Waals surface area (Å²) in [6, 6.07) is 17.0. The van der Waals surface area contributed by atoms with Crippen LogP contribution in [-0.2, 0) is 6.42 Å². The molecule has 3 aromatic rings. The van der Waals surface area contributed by atoms with Gasteiger partial charge in [0, 0.05) is 32.7 Å². The first-order chi connectivity index (χ1) is 12.8. The van der Waals surface area contributed by atoms with Gasteiger partial charge in [-0.25, -0.2) is 4.98 Å². The highest BCUT2D eigenvalue weighted by atomic mass is 32.1. The van der Waals surface area contributed by atoms with Crippen molar-refractivity contribution in [2.45, 2.75) is 13.3 Å². The van der Waals surface area contributed by atoms with E-state index in [9.17, 15) is 0 Å². The summed E-state index contributed by atoms with van der Waals surface area (Å²) in [6.45, 7) is 8.10. The number of fused-ring (bicyclic) bond motifs is 1. The molecule has 0 bridgehead atoms. The molecule has 26 heavy (non-hydrogen) atoms. The van der Waals surface area contributed by atoms with Crippen molar-refractivity contribution in [3.8, 4) is 5.75 Å². The molecule has 0 atom stereocenters. The number of nitrogens with zero attached hydrogens (tertiary/aromatic N) is 3. The minimum absolute atomic E-state index is 0.673. The summed E-state index contributed by atoms with van der Waals surface area (Å²) in [4.78, 5) is 9.85. The molecule has 0 aliphatic carbocycles. The van der Waals surface area contributed by atoms with Crippen LogP contribution < -0.4 is 9.64 Å². The zero-order valence-electron chi connectivity index (χ0n) is 15.2. The predicted octanol–water partition coefficient (Wildman–Crippen LogP) is 4.06. The number of hydrogen-bond acceptors (Lipinski definition) is 5. The molecule has 0 spiro atoms. The summed E-state index contributed by atoms with van der Waals surface area (Å²) >= 11 is 1.77. The third-order valence-electron chi connectivity index (χ3n) is 4.87. The fourth-order valence-electron chi connectivity index (χ4n) is 3.41. The van der Waals surface area contributed by atoms with Crippen LogP contribution in [0.2, 0.25) is 0 Å². The van der Waals surface area contributed by atoms with Crippen LogP contribution in [0.3, 0.4) is 0 Å². The van der Waals surface area contributed by atoms with E-state index in [0.717, 1.165) is 55.5 Å². The molecule has 2 aromatic carbocycles. The lowest BCUT2D eigenvalue weighted by Crippen LogP contribution is -2.46. The van der Waals surface area contributed by atoms with Crippen LogP contribution in [0.5, 0.6) is 5.75 Å². The molecule has 1 saturated heterocycles. The fraction of sp³-hybridized carbons (Fsp3) is 0.381. The predicted molar refractivity (Wildman–Crippen MR) is 110 cm³/mol. The van der Waals surface area contributed by atoms with Gasteiger partial charge in [0.1, 0.15) is 11.3 Å². The van der Waals surface area contributed by atoms with Crippen LogP contribution in [0.1, 0.15) is 12.5 Å². The topological polar surface area (TPSA) is 28.6 Å².